The van der Waals surface area contributed by atoms with Gasteiger partial charge in [-0.3, -0.25) is 4.79 Å². The lowest BCUT2D eigenvalue weighted by Crippen LogP contribution is -2.48. The summed E-state index contributed by atoms with van der Waals surface area (Å²) in [4.78, 5) is 14.1. The number of ether oxygens (including phenoxy) is 1. The third kappa shape index (κ3) is 3.39. The maximum Gasteiger partial charge on any atom is 0.226 e. The summed E-state index contributed by atoms with van der Waals surface area (Å²) in [7, 11) is 1.74. The van der Waals surface area contributed by atoms with Gasteiger partial charge in [-0.15, -0.1) is 0 Å². The van der Waals surface area contributed by atoms with Crippen LogP contribution in [0.2, 0.25) is 0 Å². The molecular formula is C12H23NO2S. The van der Waals surface area contributed by atoms with Crippen LogP contribution < -0.4 is 0 Å². The SMILES string of the molecule is COC1CN(C(=O)C(C)CSC)CCC1C. The van der Waals surface area contributed by atoms with Gasteiger partial charge in [0.2, 0.25) is 5.91 Å². The Morgan fingerprint density at radius 3 is 2.88 bits per heavy atom. The standard InChI is InChI=1S/C12H23NO2S/c1-9-5-6-13(7-11(9)15-3)12(14)10(2)8-16-4/h9-11H,5-8H2,1-4H3. The van der Waals surface area contributed by atoms with E-state index in [1.54, 1.807) is 18.9 Å². The van der Waals surface area contributed by atoms with Crippen LogP contribution in [-0.4, -0.2) is 49.1 Å². The first-order valence-electron chi connectivity index (χ1n) is 5.90. The number of methoxy groups -OCH3 is 1. The molecular weight excluding hydrogens is 222 g/mol. The molecule has 0 aromatic carbocycles. The molecule has 3 atom stereocenters. The Labute approximate surface area is 103 Å². The fourth-order valence-corrected chi connectivity index (χ4v) is 2.82. The van der Waals surface area contributed by atoms with E-state index in [1.807, 2.05) is 18.1 Å². The maximum atomic E-state index is 12.1. The van der Waals surface area contributed by atoms with E-state index in [0.717, 1.165) is 25.3 Å². The molecule has 0 aliphatic carbocycles. The van der Waals surface area contributed by atoms with Gasteiger partial charge in [0.1, 0.15) is 0 Å². The normalized spacial score (nSPS) is 27.9. The minimum Gasteiger partial charge on any atom is -0.379 e. The number of piperidine rings is 1. The number of rotatable bonds is 4. The second kappa shape index (κ2) is 6.50. The number of nitrogens with zero attached hydrogens (tertiary/aromatic N) is 1. The summed E-state index contributed by atoms with van der Waals surface area (Å²) in [6.45, 7) is 5.85. The number of carbonyl (C=O) groups is 1. The molecule has 1 amide bonds. The lowest BCUT2D eigenvalue weighted by Gasteiger charge is -2.37. The van der Waals surface area contributed by atoms with Crippen LogP contribution in [0.25, 0.3) is 0 Å². The summed E-state index contributed by atoms with van der Waals surface area (Å²) in [5, 5.41) is 0. The van der Waals surface area contributed by atoms with Gasteiger partial charge in [-0.2, -0.15) is 11.8 Å². The average molecular weight is 245 g/mol. The summed E-state index contributed by atoms with van der Waals surface area (Å²) >= 11 is 1.73. The molecule has 94 valence electrons. The largest absolute Gasteiger partial charge is 0.379 e. The summed E-state index contributed by atoms with van der Waals surface area (Å²) < 4.78 is 5.42. The Morgan fingerprint density at radius 2 is 2.31 bits per heavy atom. The van der Waals surface area contributed by atoms with Crippen LogP contribution in [0.15, 0.2) is 0 Å². The zero-order chi connectivity index (χ0) is 12.1. The van der Waals surface area contributed by atoms with Crippen molar-refractivity contribution in [3.63, 3.8) is 0 Å². The smallest absolute Gasteiger partial charge is 0.226 e. The highest BCUT2D eigenvalue weighted by molar-refractivity contribution is 7.98. The van der Waals surface area contributed by atoms with Crippen molar-refractivity contribution in [2.45, 2.75) is 26.4 Å². The van der Waals surface area contributed by atoms with Crippen LogP contribution >= 0.6 is 11.8 Å². The second-order valence-corrected chi connectivity index (χ2v) is 5.59. The van der Waals surface area contributed by atoms with Crippen LogP contribution in [0, 0.1) is 11.8 Å². The van der Waals surface area contributed by atoms with E-state index in [1.165, 1.54) is 0 Å². The van der Waals surface area contributed by atoms with Gasteiger partial charge < -0.3 is 9.64 Å². The molecule has 0 saturated carbocycles. The zero-order valence-electron chi connectivity index (χ0n) is 10.7. The topological polar surface area (TPSA) is 29.5 Å². The Kier molecular flexibility index (Phi) is 5.62. The van der Waals surface area contributed by atoms with Crippen molar-refractivity contribution in [3.8, 4) is 0 Å². The van der Waals surface area contributed by atoms with Gasteiger partial charge in [-0.25, -0.2) is 0 Å². The van der Waals surface area contributed by atoms with Crippen molar-refractivity contribution < 1.29 is 9.53 Å². The van der Waals surface area contributed by atoms with Crippen LogP contribution in [0.3, 0.4) is 0 Å². The molecule has 0 N–H and O–H groups in total. The van der Waals surface area contributed by atoms with Crippen molar-refractivity contribution in [2.24, 2.45) is 11.8 Å². The molecule has 1 aliphatic heterocycles. The minimum absolute atomic E-state index is 0.126. The molecule has 1 rings (SSSR count). The second-order valence-electron chi connectivity index (χ2n) is 4.68. The van der Waals surface area contributed by atoms with E-state index in [2.05, 4.69) is 6.92 Å². The molecule has 3 nitrogen and oxygen atoms in total. The van der Waals surface area contributed by atoms with Crippen LogP contribution in [0.4, 0.5) is 0 Å². The molecule has 1 aliphatic rings. The summed E-state index contributed by atoms with van der Waals surface area (Å²) in [6.07, 6.45) is 3.30. The Balaban J connectivity index is 2.51. The summed E-state index contributed by atoms with van der Waals surface area (Å²) in [6, 6.07) is 0. The first-order valence-corrected chi connectivity index (χ1v) is 7.30. The van der Waals surface area contributed by atoms with Crippen molar-refractivity contribution in [3.05, 3.63) is 0 Å². The number of hydrogen-bond acceptors (Lipinski definition) is 3. The van der Waals surface area contributed by atoms with E-state index >= 15 is 0 Å². The third-order valence-corrected chi connectivity index (χ3v) is 4.18. The molecule has 0 aromatic heterocycles. The lowest BCUT2D eigenvalue weighted by molar-refractivity contribution is -0.139. The van der Waals surface area contributed by atoms with Gasteiger partial charge in [-0.05, 0) is 18.6 Å². The molecule has 0 radical (unpaired) electrons. The summed E-state index contributed by atoms with van der Waals surface area (Å²) in [5.41, 5.74) is 0. The number of hydrogen-bond donors (Lipinski definition) is 0. The van der Waals surface area contributed by atoms with E-state index in [-0.39, 0.29) is 17.9 Å². The molecule has 0 bridgehead atoms. The highest BCUT2D eigenvalue weighted by Crippen LogP contribution is 2.21. The van der Waals surface area contributed by atoms with Crippen molar-refractivity contribution in [2.75, 3.05) is 32.2 Å². The van der Waals surface area contributed by atoms with Crippen molar-refractivity contribution >= 4 is 17.7 Å². The molecule has 0 aromatic rings. The minimum atomic E-state index is 0.126. The van der Waals surface area contributed by atoms with Gasteiger partial charge >= 0.3 is 0 Å². The average Bonchev–Trinajstić information content (AvgIpc) is 2.29. The summed E-state index contributed by atoms with van der Waals surface area (Å²) in [5.74, 6) is 1.87. The predicted molar refractivity (Wildman–Crippen MR) is 68.7 cm³/mol. The number of likely N-dealkylation sites (tertiary alicyclic amines) is 1. The molecule has 16 heavy (non-hydrogen) atoms. The number of amides is 1. The lowest BCUT2D eigenvalue weighted by atomic mass is 9.95. The van der Waals surface area contributed by atoms with Crippen molar-refractivity contribution in [1.29, 1.82) is 0 Å². The molecule has 4 heteroatoms. The molecule has 1 heterocycles. The van der Waals surface area contributed by atoms with Crippen molar-refractivity contribution in [1.82, 2.24) is 4.90 Å². The van der Waals surface area contributed by atoms with Crippen LogP contribution in [0.5, 0.6) is 0 Å². The van der Waals surface area contributed by atoms with Gasteiger partial charge in [-0.1, -0.05) is 13.8 Å². The van der Waals surface area contributed by atoms with Crippen LogP contribution in [0.1, 0.15) is 20.3 Å². The Morgan fingerprint density at radius 1 is 1.62 bits per heavy atom. The van der Waals surface area contributed by atoms with Gasteiger partial charge in [0, 0.05) is 31.9 Å². The maximum absolute atomic E-state index is 12.1. The highest BCUT2D eigenvalue weighted by Gasteiger charge is 2.30. The molecule has 1 saturated heterocycles. The molecule has 1 fully saturated rings. The number of thioether (sulfide) groups is 1. The third-order valence-electron chi connectivity index (χ3n) is 3.34. The Hall–Kier alpha value is -0.220. The molecule has 0 spiro atoms. The quantitative estimate of drug-likeness (QED) is 0.757. The van der Waals surface area contributed by atoms with E-state index in [0.29, 0.717) is 5.92 Å². The van der Waals surface area contributed by atoms with E-state index in [9.17, 15) is 4.79 Å². The predicted octanol–water partition coefficient (Wildman–Crippen LogP) is 1.87. The van der Waals surface area contributed by atoms with Gasteiger partial charge in [0.25, 0.3) is 0 Å². The first-order chi connectivity index (χ1) is 7.60. The zero-order valence-corrected chi connectivity index (χ0v) is 11.5. The highest BCUT2D eigenvalue weighted by atomic mass is 32.2. The van der Waals surface area contributed by atoms with Gasteiger partial charge in [0.05, 0.1) is 6.10 Å². The van der Waals surface area contributed by atoms with E-state index in [4.69, 9.17) is 4.74 Å². The van der Waals surface area contributed by atoms with Gasteiger partial charge in [0.15, 0.2) is 0 Å². The monoisotopic (exact) mass is 245 g/mol. The van der Waals surface area contributed by atoms with E-state index < -0.39 is 0 Å². The number of carbonyl (C=O) groups excluding carboxylic acids is 1. The first kappa shape index (κ1) is 13.8. The van der Waals surface area contributed by atoms with Crippen LogP contribution in [-0.2, 0) is 9.53 Å². The Bertz CT molecular complexity index is 235. The fraction of sp³-hybridized carbons (Fsp3) is 0.917. The fourth-order valence-electron chi connectivity index (χ4n) is 2.17. The molecule has 3 unspecified atom stereocenters.